The molecule has 0 radical (unpaired) electrons. The van der Waals surface area contributed by atoms with Crippen LogP contribution in [0.3, 0.4) is 0 Å². The first kappa shape index (κ1) is 14.7. The molecule has 2 N–H and O–H groups in total. The molecule has 0 saturated heterocycles. The zero-order valence-electron chi connectivity index (χ0n) is 12.3. The molecular formula is C16H17N3O2S. The highest BCUT2D eigenvalue weighted by molar-refractivity contribution is 7.71. The Morgan fingerprint density at radius 3 is 2.55 bits per heavy atom. The number of aromatic amines is 1. The first-order valence-corrected chi connectivity index (χ1v) is 7.72. The number of imidazole rings is 1. The third-order valence-corrected chi connectivity index (χ3v) is 4.11. The van der Waals surface area contributed by atoms with Gasteiger partial charge in [0.05, 0.1) is 0 Å². The minimum atomic E-state index is -0.138. The Kier molecular flexibility index (Phi) is 3.94. The molecule has 1 aliphatic carbocycles. The second kappa shape index (κ2) is 5.88. The fourth-order valence-electron chi connectivity index (χ4n) is 2.82. The summed E-state index contributed by atoms with van der Waals surface area (Å²) >= 11 is 5.31. The predicted octanol–water partition coefficient (Wildman–Crippen LogP) is 3.07. The van der Waals surface area contributed by atoms with Gasteiger partial charge in [0, 0.05) is 29.6 Å². The number of hydrogen-bond acceptors (Lipinski definition) is 3. The normalized spacial score (nSPS) is 13.5. The zero-order valence-corrected chi connectivity index (χ0v) is 13.1. The standard InChI is InChI=1S/C16H17N3O2S/c1-10(20)17-12-8-6-11(7-9-12)15(21)19-14-5-3-2-4-13(14)18-16(19)22/h6-9H,2-5H2,1H3,(H,17,20)(H,18,22). The SMILES string of the molecule is CC(=O)Nc1ccc(C(=O)n2c3c([nH]c2=S)CCCC3)cc1. The summed E-state index contributed by atoms with van der Waals surface area (Å²) in [6.07, 6.45) is 4.02. The molecule has 1 amide bonds. The lowest BCUT2D eigenvalue weighted by atomic mass is 10.0. The molecule has 3 rings (SSSR count). The lowest BCUT2D eigenvalue weighted by molar-refractivity contribution is -0.114. The van der Waals surface area contributed by atoms with E-state index in [-0.39, 0.29) is 11.8 Å². The Bertz CT molecular complexity index is 787. The number of hydrogen-bond donors (Lipinski definition) is 2. The van der Waals surface area contributed by atoms with E-state index in [9.17, 15) is 9.59 Å². The molecule has 0 fully saturated rings. The van der Waals surface area contributed by atoms with Crippen molar-refractivity contribution in [3.8, 4) is 0 Å². The first-order valence-electron chi connectivity index (χ1n) is 7.31. The summed E-state index contributed by atoms with van der Waals surface area (Å²) in [5.74, 6) is -0.264. The summed E-state index contributed by atoms with van der Waals surface area (Å²) in [4.78, 5) is 26.9. The number of aromatic nitrogens is 2. The second-order valence-corrected chi connectivity index (χ2v) is 5.85. The molecule has 0 bridgehead atoms. The smallest absolute Gasteiger partial charge is 0.264 e. The van der Waals surface area contributed by atoms with Crippen LogP contribution in [0.2, 0.25) is 0 Å². The van der Waals surface area contributed by atoms with Gasteiger partial charge in [-0.1, -0.05) is 0 Å². The van der Waals surface area contributed by atoms with Gasteiger partial charge in [0.1, 0.15) is 0 Å². The number of H-pyrrole nitrogens is 1. The van der Waals surface area contributed by atoms with Crippen LogP contribution in [-0.4, -0.2) is 21.4 Å². The monoisotopic (exact) mass is 315 g/mol. The number of benzene rings is 1. The van der Waals surface area contributed by atoms with Crippen LogP contribution in [0.4, 0.5) is 5.69 Å². The van der Waals surface area contributed by atoms with Crippen LogP contribution >= 0.6 is 12.2 Å². The highest BCUT2D eigenvalue weighted by atomic mass is 32.1. The fraction of sp³-hybridized carbons (Fsp3) is 0.312. The van der Waals surface area contributed by atoms with E-state index in [4.69, 9.17) is 12.2 Å². The summed E-state index contributed by atoms with van der Waals surface area (Å²) < 4.78 is 2.07. The van der Waals surface area contributed by atoms with Crippen LogP contribution in [-0.2, 0) is 17.6 Å². The Balaban J connectivity index is 1.93. The molecule has 1 aliphatic rings. The molecule has 1 aromatic carbocycles. The maximum atomic E-state index is 12.7. The number of anilines is 1. The van der Waals surface area contributed by atoms with Crippen molar-refractivity contribution in [3.63, 3.8) is 0 Å². The van der Waals surface area contributed by atoms with Gasteiger partial charge >= 0.3 is 0 Å². The van der Waals surface area contributed by atoms with Gasteiger partial charge in [-0.15, -0.1) is 0 Å². The average Bonchev–Trinajstić information content (AvgIpc) is 2.82. The molecule has 6 heteroatoms. The highest BCUT2D eigenvalue weighted by Gasteiger charge is 2.20. The second-order valence-electron chi connectivity index (χ2n) is 5.46. The number of nitrogens with zero attached hydrogens (tertiary/aromatic N) is 1. The molecule has 0 spiro atoms. The van der Waals surface area contributed by atoms with Crippen molar-refractivity contribution in [2.45, 2.75) is 32.6 Å². The number of fused-ring (bicyclic) bond motifs is 1. The van der Waals surface area contributed by atoms with E-state index in [1.807, 2.05) is 0 Å². The van der Waals surface area contributed by atoms with E-state index in [1.165, 1.54) is 6.92 Å². The van der Waals surface area contributed by atoms with Crippen molar-refractivity contribution in [2.24, 2.45) is 0 Å². The van der Waals surface area contributed by atoms with Crippen LogP contribution in [0.1, 0.15) is 41.5 Å². The highest BCUT2D eigenvalue weighted by Crippen LogP contribution is 2.22. The summed E-state index contributed by atoms with van der Waals surface area (Å²) in [7, 11) is 0. The average molecular weight is 315 g/mol. The molecule has 2 aromatic rings. The minimum Gasteiger partial charge on any atom is -0.334 e. The topological polar surface area (TPSA) is 66.9 Å². The first-order chi connectivity index (χ1) is 10.6. The lowest BCUT2D eigenvalue weighted by Gasteiger charge is -2.13. The van der Waals surface area contributed by atoms with Crippen molar-refractivity contribution in [2.75, 3.05) is 5.32 Å². The molecule has 0 saturated carbocycles. The van der Waals surface area contributed by atoms with Crippen molar-refractivity contribution in [1.29, 1.82) is 0 Å². The van der Waals surface area contributed by atoms with Crippen molar-refractivity contribution in [3.05, 3.63) is 46.0 Å². The summed E-state index contributed by atoms with van der Waals surface area (Å²) in [6.45, 7) is 1.45. The molecule has 0 unspecified atom stereocenters. The molecule has 1 heterocycles. The summed E-state index contributed by atoms with van der Waals surface area (Å²) in [5.41, 5.74) is 3.31. The van der Waals surface area contributed by atoms with Gasteiger partial charge in [-0.2, -0.15) is 0 Å². The van der Waals surface area contributed by atoms with Gasteiger partial charge in [0.25, 0.3) is 5.91 Å². The third-order valence-electron chi connectivity index (χ3n) is 3.82. The van der Waals surface area contributed by atoms with Crippen LogP contribution in [0, 0.1) is 4.77 Å². The maximum Gasteiger partial charge on any atom is 0.264 e. The van der Waals surface area contributed by atoms with Crippen molar-refractivity contribution in [1.82, 2.24) is 9.55 Å². The third kappa shape index (κ3) is 2.74. The van der Waals surface area contributed by atoms with E-state index in [2.05, 4.69) is 10.3 Å². The number of carbonyl (C=O) groups is 2. The van der Waals surface area contributed by atoms with E-state index in [1.54, 1.807) is 28.8 Å². The number of nitrogens with one attached hydrogen (secondary N) is 2. The quantitative estimate of drug-likeness (QED) is 0.837. The number of rotatable bonds is 2. The van der Waals surface area contributed by atoms with Crippen LogP contribution in [0.15, 0.2) is 24.3 Å². The molecule has 0 aliphatic heterocycles. The van der Waals surface area contributed by atoms with E-state index >= 15 is 0 Å². The Labute approximate surface area is 133 Å². The molecule has 5 nitrogen and oxygen atoms in total. The molecule has 114 valence electrons. The fourth-order valence-corrected chi connectivity index (χ4v) is 3.14. The molecule has 1 aromatic heterocycles. The van der Waals surface area contributed by atoms with Crippen LogP contribution in [0.5, 0.6) is 0 Å². The van der Waals surface area contributed by atoms with Crippen molar-refractivity contribution < 1.29 is 9.59 Å². The van der Waals surface area contributed by atoms with Gasteiger partial charge in [-0.05, 0) is 62.2 Å². The van der Waals surface area contributed by atoms with Crippen molar-refractivity contribution >= 4 is 29.7 Å². The maximum absolute atomic E-state index is 12.7. The Morgan fingerprint density at radius 2 is 1.86 bits per heavy atom. The van der Waals surface area contributed by atoms with E-state index < -0.39 is 0 Å². The van der Waals surface area contributed by atoms with Gasteiger partial charge in [0.2, 0.25) is 5.91 Å². The Morgan fingerprint density at radius 1 is 1.18 bits per heavy atom. The van der Waals surface area contributed by atoms with Gasteiger partial charge < -0.3 is 10.3 Å². The van der Waals surface area contributed by atoms with Crippen LogP contribution < -0.4 is 5.32 Å². The molecule has 22 heavy (non-hydrogen) atoms. The molecular weight excluding hydrogens is 298 g/mol. The lowest BCUT2D eigenvalue weighted by Crippen LogP contribution is -2.17. The molecule has 0 atom stereocenters. The zero-order chi connectivity index (χ0) is 15.7. The van der Waals surface area contributed by atoms with E-state index in [0.29, 0.717) is 16.0 Å². The van der Waals surface area contributed by atoms with Gasteiger partial charge in [0.15, 0.2) is 4.77 Å². The van der Waals surface area contributed by atoms with Gasteiger partial charge in [-0.3, -0.25) is 14.2 Å². The van der Waals surface area contributed by atoms with Gasteiger partial charge in [-0.25, -0.2) is 0 Å². The predicted molar refractivity (Wildman–Crippen MR) is 86.7 cm³/mol. The summed E-state index contributed by atoms with van der Waals surface area (Å²) in [5, 5.41) is 2.68. The largest absolute Gasteiger partial charge is 0.334 e. The number of carbonyl (C=O) groups excluding carboxylic acids is 2. The van der Waals surface area contributed by atoms with E-state index in [0.717, 1.165) is 37.1 Å². The van der Waals surface area contributed by atoms with Crippen LogP contribution in [0.25, 0.3) is 0 Å². The summed E-state index contributed by atoms with van der Waals surface area (Å²) in [6, 6.07) is 6.85. The minimum absolute atomic E-state index is 0.126. The number of aryl methyl sites for hydroxylation is 1. The number of amides is 1. The Hall–Kier alpha value is -2.21.